The van der Waals surface area contributed by atoms with Gasteiger partial charge in [0.05, 0.1) is 5.69 Å². The Labute approximate surface area is 152 Å². The molecule has 0 aliphatic rings. The summed E-state index contributed by atoms with van der Waals surface area (Å²) in [5, 5.41) is 7.06. The fraction of sp³-hybridized carbons (Fsp3) is 0.190. The van der Waals surface area contributed by atoms with E-state index in [0.29, 0.717) is 11.4 Å². The largest absolute Gasteiger partial charge is 0.309 e. The van der Waals surface area contributed by atoms with Gasteiger partial charge in [0.25, 0.3) is 0 Å². The van der Waals surface area contributed by atoms with E-state index in [1.807, 2.05) is 54.6 Å². The van der Waals surface area contributed by atoms with Crippen molar-refractivity contribution in [1.29, 1.82) is 0 Å². The summed E-state index contributed by atoms with van der Waals surface area (Å²) >= 11 is 0. The number of rotatable bonds is 7. The highest BCUT2D eigenvalue weighted by molar-refractivity contribution is 5.99. The number of para-hydroxylation sites is 1. The molecule has 0 saturated heterocycles. The second kappa shape index (κ2) is 8.25. The number of hydrogen-bond acceptors (Lipinski definition) is 3. The molecule has 5 nitrogen and oxygen atoms in total. The highest BCUT2D eigenvalue weighted by atomic mass is 16.2. The molecule has 1 N–H and O–H groups in total. The number of carbonyl (C=O) groups excluding carboxylic acids is 2. The van der Waals surface area contributed by atoms with Crippen LogP contribution in [0.4, 0.5) is 5.82 Å². The van der Waals surface area contributed by atoms with Crippen LogP contribution in [-0.2, 0) is 11.2 Å². The van der Waals surface area contributed by atoms with Gasteiger partial charge in [-0.25, -0.2) is 4.68 Å². The monoisotopic (exact) mass is 347 g/mol. The first-order valence-corrected chi connectivity index (χ1v) is 8.69. The van der Waals surface area contributed by atoms with Crippen LogP contribution in [0.15, 0.2) is 66.9 Å². The van der Waals surface area contributed by atoms with E-state index in [2.05, 4.69) is 17.3 Å². The molecule has 1 aromatic heterocycles. The van der Waals surface area contributed by atoms with Crippen LogP contribution < -0.4 is 5.32 Å². The second-order valence-electron chi connectivity index (χ2n) is 6.00. The Balaban J connectivity index is 1.52. The first-order chi connectivity index (χ1) is 12.7. The molecule has 0 unspecified atom stereocenters. The molecule has 0 fully saturated rings. The van der Waals surface area contributed by atoms with Crippen LogP contribution in [0.25, 0.3) is 5.69 Å². The highest BCUT2D eigenvalue weighted by Crippen LogP contribution is 2.12. The number of anilines is 1. The number of nitrogens with one attached hydrogen (secondary N) is 1. The number of carbonyl (C=O) groups is 2. The van der Waals surface area contributed by atoms with Crippen molar-refractivity contribution in [2.45, 2.75) is 26.2 Å². The van der Waals surface area contributed by atoms with Crippen molar-refractivity contribution in [1.82, 2.24) is 9.78 Å². The Kier molecular flexibility index (Phi) is 5.59. The molecule has 0 aliphatic carbocycles. The average molecular weight is 347 g/mol. The summed E-state index contributed by atoms with van der Waals surface area (Å²) in [4.78, 5) is 24.3. The topological polar surface area (TPSA) is 64.0 Å². The van der Waals surface area contributed by atoms with Gasteiger partial charge in [-0.3, -0.25) is 9.59 Å². The smallest absolute Gasteiger partial charge is 0.226 e. The number of nitrogens with zero attached hydrogens (tertiary/aromatic N) is 2. The molecule has 3 rings (SSSR count). The molecular formula is C21H21N3O2. The van der Waals surface area contributed by atoms with Crippen molar-refractivity contribution in [2.24, 2.45) is 0 Å². The Bertz CT molecular complexity index is 883. The van der Waals surface area contributed by atoms with E-state index >= 15 is 0 Å². The Morgan fingerprint density at radius 1 is 0.962 bits per heavy atom. The quantitative estimate of drug-likeness (QED) is 0.656. The van der Waals surface area contributed by atoms with Gasteiger partial charge in [0, 0.05) is 30.7 Å². The van der Waals surface area contributed by atoms with E-state index < -0.39 is 0 Å². The fourth-order valence-electron chi connectivity index (χ4n) is 2.62. The number of amides is 1. The number of hydrogen-bond donors (Lipinski definition) is 1. The number of ketones is 1. The first kappa shape index (κ1) is 17.6. The van der Waals surface area contributed by atoms with Gasteiger partial charge < -0.3 is 5.32 Å². The van der Waals surface area contributed by atoms with Gasteiger partial charge in [-0.15, -0.1) is 0 Å². The van der Waals surface area contributed by atoms with Crippen LogP contribution in [0, 0.1) is 0 Å². The van der Waals surface area contributed by atoms with E-state index in [4.69, 9.17) is 0 Å². The number of aromatic nitrogens is 2. The van der Waals surface area contributed by atoms with Crippen LogP contribution in [-0.4, -0.2) is 21.5 Å². The van der Waals surface area contributed by atoms with Gasteiger partial charge in [-0.2, -0.15) is 5.10 Å². The summed E-state index contributed by atoms with van der Waals surface area (Å²) in [7, 11) is 0. The Morgan fingerprint density at radius 3 is 2.38 bits per heavy atom. The average Bonchev–Trinajstić information content (AvgIpc) is 3.15. The van der Waals surface area contributed by atoms with E-state index in [0.717, 1.165) is 12.1 Å². The SMILES string of the molecule is CCc1ccc(C(=O)CCC(=O)Nc2ccn(-c3ccccc3)n2)cc1. The standard InChI is InChI=1S/C21H21N3O2/c1-2-16-8-10-17(11-9-16)19(25)12-13-21(26)22-20-14-15-24(23-20)18-6-4-3-5-7-18/h3-11,14-15H,2,12-13H2,1H3,(H,22,23,26). The maximum atomic E-state index is 12.2. The van der Waals surface area contributed by atoms with Gasteiger partial charge in [0.2, 0.25) is 5.91 Å². The lowest BCUT2D eigenvalue weighted by Gasteiger charge is -2.04. The molecule has 132 valence electrons. The lowest BCUT2D eigenvalue weighted by molar-refractivity contribution is -0.116. The zero-order chi connectivity index (χ0) is 18.4. The molecule has 26 heavy (non-hydrogen) atoms. The Morgan fingerprint density at radius 2 is 1.69 bits per heavy atom. The highest BCUT2D eigenvalue weighted by Gasteiger charge is 2.11. The van der Waals surface area contributed by atoms with Gasteiger partial charge in [-0.05, 0) is 24.1 Å². The molecule has 2 aromatic carbocycles. The lowest BCUT2D eigenvalue weighted by Crippen LogP contribution is -2.14. The minimum Gasteiger partial charge on any atom is -0.309 e. The zero-order valence-electron chi connectivity index (χ0n) is 14.7. The van der Waals surface area contributed by atoms with Crippen LogP contribution in [0.5, 0.6) is 0 Å². The van der Waals surface area contributed by atoms with E-state index in [1.165, 1.54) is 5.56 Å². The summed E-state index contributed by atoms with van der Waals surface area (Å²) in [6.45, 7) is 2.07. The van der Waals surface area contributed by atoms with Gasteiger partial charge in [0.1, 0.15) is 0 Å². The van der Waals surface area contributed by atoms with Crippen LogP contribution >= 0.6 is 0 Å². The number of benzene rings is 2. The molecule has 3 aromatic rings. The van der Waals surface area contributed by atoms with Gasteiger partial charge >= 0.3 is 0 Å². The minimum absolute atomic E-state index is 0.0300. The molecule has 1 amide bonds. The zero-order valence-corrected chi connectivity index (χ0v) is 14.7. The van der Waals surface area contributed by atoms with Crippen molar-refractivity contribution < 1.29 is 9.59 Å². The predicted molar refractivity (Wildman–Crippen MR) is 102 cm³/mol. The van der Waals surface area contributed by atoms with Crippen molar-refractivity contribution in [3.05, 3.63) is 78.0 Å². The van der Waals surface area contributed by atoms with Crippen molar-refractivity contribution in [3.8, 4) is 5.69 Å². The minimum atomic E-state index is -0.221. The molecule has 0 atom stereocenters. The van der Waals surface area contributed by atoms with E-state index in [9.17, 15) is 9.59 Å². The van der Waals surface area contributed by atoms with E-state index in [-0.39, 0.29) is 24.5 Å². The molecule has 5 heteroatoms. The maximum absolute atomic E-state index is 12.2. The molecule has 0 saturated carbocycles. The molecular weight excluding hydrogens is 326 g/mol. The summed E-state index contributed by atoms with van der Waals surface area (Å²) in [6, 6.07) is 18.9. The Hall–Kier alpha value is -3.21. The molecule has 1 heterocycles. The molecule has 0 bridgehead atoms. The second-order valence-corrected chi connectivity index (χ2v) is 6.00. The van der Waals surface area contributed by atoms with Crippen molar-refractivity contribution in [2.75, 3.05) is 5.32 Å². The molecule has 0 aliphatic heterocycles. The maximum Gasteiger partial charge on any atom is 0.226 e. The predicted octanol–water partition coefficient (Wildman–Crippen LogP) is 4.04. The molecule has 0 spiro atoms. The van der Waals surface area contributed by atoms with Crippen LogP contribution in [0.2, 0.25) is 0 Å². The summed E-state index contributed by atoms with van der Waals surface area (Å²) in [5.74, 6) is 0.220. The third kappa shape index (κ3) is 4.45. The summed E-state index contributed by atoms with van der Waals surface area (Å²) in [6.07, 6.45) is 3.03. The van der Waals surface area contributed by atoms with Crippen molar-refractivity contribution in [3.63, 3.8) is 0 Å². The first-order valence-electron chi connectivity index (χ1n) is 8.69. The molecule has 0 radical (unpaired) electrons. The third-order valence-electron chi connectivity index (χ3n) is 4.14. The summed E-state index contributed by atoms with van der Waals surface area (Å²) in [5.41, 5.74) is 2.75. The number of Topliss-reactive ketones (excluding diaryl/α,β-unsaturated/α-hetero) is 1. The van der Waals surface area contributed by atoms with Crippen LogP contribution in [0.1, 0.15) is 35.7 Å². The van der Waals surface area contributed by atoms with E-state index in [1.54, 1.807) is 16.9 Å². The van der Waals surface area contributed by atoms with Crippen molar-refractivity contribution >= 4 is 17.5 Å². The van der Waals surface area contributed by atoms with Crippen LogP contribution in [0.3, 0.4) is 0 Å². The normalized spacial score (nSPS) is 10.5. The summed E-state index contributed by atoms with van der Waals surface area (Å²) < 4.78 is 1.69. The lowest BCUT2D eigenvalue weighted by atomic mass is 10.0. The third-order valence-corrected chi connectivity index (χ3v) is 4.14. The van der Waals surface area contributed by atoms with Gasteiger partial charge in [0.15, 0.2) is 11.6 Å². The fourth-order valence-corrected chi connectivity index (χ4v) is 2.62. The number of aryl methyl sites for hydroxylation is 1. The van der Waals surface area contributed by atoms with Gasteiger partial charge in [-0.1, -0.05) is 49.4 Å².